The summed E-state index contributed by atoms with van der Waals surface area (Å²) in [6.45, 7) is 7.13. The second-order valence-electron chi connectivity index (χ2n) is 2.60. The largest absolute Gasteiger partial charge is 0.459 e. The number of hydrogen-bond donors (Lipinski definition) is 0. The highest BCUT2D eigenvalue weighted by molar-refractivity contribution is 5.70. The van der Waals surface area contributed by atoms with Crippen molar-refractivity contribution >= 4 is 5.97 Å². The molecule has 4 heteroatoms. The summed E-state index contributed by atoms with van der Waals surface area (Å²) in [4.78, 5) is 11.0. The number of carbonyl (C=O) groups is 1. The van der Waals surface area contributed by atoms with Crippen molar-refractivity contribution < 1.29 is 19.0 Å². The van der Waals surface area contributed by atoms with Crippen LogP contribution in [0.5, 0.6) is 0 Å². The molecule has 0 aromatic heterocycles. The van der Waals surface area contributed by atoms with E-state index in [2.05, 4.69) is 0 Å². The monoisotopic (exact) mass is 190 g/mol. The van der Waals surface area contributed by atoms with Gasteiger partial charge in [-0.15, -0.1) is 0 Å². The van der Waals surface area contributed by atoms with Crippen LogP contribution in [-0.2, 0) is 19.0 Å². The number of ether oxygens (including phenoxy) is 3. The molecule has 0 saturated carbocycles. The van der Waals surface area contributed by atoms with E-state index in [0.717, 1.165) is 0 Å². The highest BCUT2D eigenvalue weighted by Gasteiger charge is 2.08. The Labute approximate surface area is 79.2 Å². The molecule has 0 fully saturated rings. The van der Waals surface area contributed by atoms with Gasteiger partial charge in [0.2, 0.25) is 0 Å². The molecule has 1 unspecified atom stereocenters. The van der Waals surface area contributed by atoms with Gasteiger partial charge in [0.15, 0.2) is 0 Å². The van der Waals surface area contributed by atoms with E-state index in [0.29, 0.717) is 19.8 Å². The summed E-state index contributed by atoms with van der Waals surface area (Å²) in [5, 5.41) is 0. The molecular formula is C9H18O4. The standard InChI is InChI=1S/C9H18O4/c1-4-11-6-8(3)13-9(10)7-12-5-2/h8H,4-7H2,1-3H3. The van der Waals surface area contributed by atoms with Crippen LogP contribution in [-0.4, -0.2) is 38.5 Å². The van der Waals surface area contributed by atoms with Crippen molar-refractivity contribution in [2.75, 3.05) is 26.4 Å². The predicted molar refractivity (Wildman–Crippen MR) is 48.5 cm³/mol. The minimum atomic E-state index is -0.339. The molecule has 78 valence electrons. The third kappa shape index (κ3) is 7.74. The molecule has 0 aliphatic rings. The van der Waals surface area contributed by atoms with Crippen molar-refractivity contribution in [2.45, 2.75) is 26.9 Å². The van der Waals surface area contributed by atoms with Crippen molar-refractivity contribution in [1.82, 2.24) is 0 Å². The van der Waals surface area contributed by atoms with Gasteiger partial charge in [0, 0.05) is 13.2 Å². The first-order valence-corrected chi connectivity index (χ1v) is 4.55. The van der Waals surface area contributed by atoms with Gasteiger partial charge in [-0.2, -0.15) is 0 Å². The Morgan fingerprint density at radius 1 is 1.23 bits per heavy atom. The Morgan fingerprint density at radius 2 is 1.85 bits per heavy atom. The average Bonchev–Trinajstić information content (AvgIpc) is 2.11. The van der Waals surface area contributed by atoms with E-state index in [1.165, 1.54) is 0 Å². The smallest absolute Gasteiger partial charge is 0.332 e. The molecule has 0 heterocycles. The molecule has 0 spiro atoms. The maximum absolute atomic E-state index is 11.0. The van der Waals surface area contributed by atoms with E-state index in [1.54, 1.807) is 6.92 Å². The van der Waals surface area contributed by atoms with E-state index in [4.69, 9.17) is 14.2 Å². The Balaban J connectivity index is 3.41. The molecule has 0 N–H and O–H groups in total. The van der Waals surface area contributed by atoms with Crippen LogP contribution >= 0.6 is 0 Å². The maximum atomic E-state index is 11.0. The molecule has 0 radical (unpaired) electrons. The van der Waals surface area contributed by atoms with Gasteiger partial charge in [-0.3, -0.25) is 0 Å². The topological polar surface area (TPSA) is 44.8 Å². The Morgan fingerprint density at radius 3 is 2.38 bits per heavy atom. The van der Waals surface area contributed by atoms with Crippen LogP contribution in [0, 0.1) is 0 Å². The number of carbonyl (C=O) groups excluding carboxylic acids is 1. The highest BCUT2D eigenvalue weighted by Crippen LogP contribution is 1.93. The molecule has 0 saturated heterocycles. The number of esters is 1. The second-order valence-corrected chi connectivity index (χ2v) is 2.60. The van der Waals surface area contributed by atoms with Gasteiger partial charge in [-0.05, 0) is 20.8 Å². The Hall–Kier alpha value is -0.610. The predicted octanol–water partition coefficient (Wildman–Crippen LogP) is 0.991. The molecule has 0 aromatic carbocycles. The van der Waals surface area contributed by atoms with Crippen LogP contribution in [0.3, 0.4) is 0 Å². The Bertz CT molecular complexity index is 136. The lowest BCUT2D eigenvalue weighted by Crippen LogP contribution is -2.23. The van der Waals surface area contributed by atoms with Crippen molar-refractivity contribution in [2.24, 2.45) is 0 Å². The maximum Gasteiger partial charge on any atom is 0.332 e. The average molecular weight is 190 g/mol. The molecule has 0 amide bonds. The van der Waals surface area contributed by atoms with Gasteiger partial charge >= 0.3 is 5.97 Å². The van der Waals surface area contributed by atoms with Crippen LogP contribution in [0.4, 0.5) is 0 Å². The molecule has 0 bridgehead atoms. The van der Waals surface area contributed by atoms with E-state index in [1.807, 2.05) is 13.8 Å². The van der Waals surface area contributed by atoms with E-state index >= 15 is 0 Å². The van der Waals surface area contributed by atoms with Crippen LogP contribution in [0.15, 0.2) is 0 Å². The molecule has 13 heavy (non-hydrogen) atoms. The molecule has 0 aliphatic carbocycles. The summed E-state index contributed by atoms with van der Waals surface area (Å²) in [6.07, 6.45) is -0.201. The first-order valence-electron chi connectivity index (χ1n) is 4.55. The van der Waals surface area contributed by atoms with Crippen LogP contribution in [0.1, 0.15) is 20.8 Å². The zero-order chi connectivity index (χ0) is 10.1. The highest BCUT2D eigenvalue weighted by atomic mass is 16.6. The minimum Gasteiger partial charge on any atom is -0.459 e. The summed E-state index contributed by atoms with van der Waals surface area (Å²) in [7, 11) is 0. The number of hydrogen-bond acceptors (Lipinski definition) is 4. The summed E-state index contributed by atoms with van der Waals surface area (Å²) in [6, 6.07) is 0. The van der Waals surface area contributed by atoms with Crippen molar-refractivity contribution in [1.29, 1.82) is 0 Å². The zero-order valence-electron chi connectivity index (χ0n) is 8.54. The van der Waals surface area contributed by atoms with Gasteiger partial charge in [0.05, 0.1) is 6.61 Å². The van der Waals surface area contributed by atoms with Gasteiger partial charge in [-0.25, -0.2) is 4.79 Å². The first kappa shape index (κ1) is 12.4. The summed E-state index contributed by atoms with van der Waals surface area (Å²) >= 11 is 0. The molecule has 0 rings (SSSR count). The van der Waals surface area contributed by atoms with E-state index in [9.17, 15) is 4.79 Å². The van der Waals surface area contributed by atoms with Gasteiger partial charge in [-0.1, -0.05) is 0 Å². The zero-order valence-corrected chi connectivity index (χ0v) is 8.54. The van der Waals surface area contributed by atoms with Crippen molar-refractivity contribution in [3.63, 3.8) is 0 Å². The van der Waals surface area contributed by atoms with Crippen molar-refractivity contribution in [3.8, 4) is 0 Å². The van der Waals surface area contributed by atoms with Crippen molar-refractivity contribution in [3.05, 3.63) is 0 Å². The first-order chi connectivity index (χ1) is 6.20. The van der Waals surface area contributed by atoms with Crippen LogP contribution in [0.25, 0.3) is 0 Å². The third-order valence-electron chi connectivity index (χ3n) is 1.31. The molecule has 4 nitrogen and oxygen atoms in total. The summed E-state index contributed by atoms with van der Waals surface area (Å²) in [5.41, 5.74) is 0. The second kappa shape index (κ2) is 8.01. The summed E-state index contributed by atoms with van der Waals surface area (Å²) in [5.74, 6) is -0.339. The van der Waals surface area contributed by atoms with E-state index in [-0.39, 0.29) is 18.7 Å². The van der Waals surface area contributed by atoms with Crippen LogP contribution < -0.4 is 0 Å². The van der Waals surface area contributed by atoms with Gasteiger partial charge < -0.3 is 14.2 Å². The molecule has 0 aliphatic heterocycles. The SMILES string of the molecule is CCOCC(=O)OC(C)COCC. The van der Waals surface area contributed by atoms with Crippen LogP contribution in [0.2, 0.25) is 0 Å². The molecule has 0 aromatic rings. The lowest BCUT2D eigenvalue weighted by molar-refractivity contribution is -0.156. The molecule has 1 atom stereocenters. The fourth-order valence-corrected chi connectivity index (χ4v) is 0.762. The fourth-order valence-electron chi connectivity index (χ4n) is 0.762. The summed E-state index contributed by atoms with van der Waals surface area (Å²) < 4.78 is 14.9. The Kier molecular flexibility index (Phi) is 7.63. The molecular weight excluding hydrogens is 172 g/mol. The number of rotatable bonds is 7. The lowest BCUT2D eigenvalue weighted by atomic mass is 10.4. The van der Waals surface area contributed by atoms with E-state index < -0.39 is 0 Å². The minimum absolute atomic E-state index is 0.0208. The quantitative estimate of drug-likeness (QED) is 0.562. The normalized spacial score (nSPS) is 12.5. The fraction of sp³-hybridized carbons (Fsp3) is 0.889. The lowest BCUT2D eigenvalue weighted by Gasteiger charge is -2.12. The third-order valence-corrected chi connectivity index (χ3v) is 1.31. The van der Waals surface area contributed by atoms with Gasteiger partial charge in [0.25, 0.3) is 0 Å². The van der Waals surface area contributed by atoms with Gasteiger partial charge in [0.1, 0.15) is 12.7 Å².